The summed E-state index contributed by atoms with van der Waals surface area (Å²) in [6, 6.07) is 16.5. The van der Waals surface area contributed by atoms with Crippen LogP contribution in [-0.2, 0) is 9.59 Å². The summed E-state index contributed by atoms with van der Waals surface area (Å²) < 4.78 is 0. The third-order valence-electron chi connectivity index (χ3n) is 6.25. The Labute approximate surface area is 263 Å². The molecule has 0 aliphatic heterocycles. The van der Waals surface area contributed by atoms with Crippen LogP contribution in [0.15, 0.2) is 84.2 Å². The van der Waals surface area contributed by atoms with Crippen molar-refractivity contribution in [1.82, 2.24) is 21.3 Å². The lowest BCUT2D eigenvalue weighted by Crippen LogP contribution is -2.35. The number of nitro groups is 2. The predicted molar refractivity (Wildman–Crippen MR) is 170 cm³/mol. The molecule has 3 aromatic rings. The second-order valence-corrected chi connectivity index (χ2v) is 9.82. The minimum atomic E-state index is -0.680. The number of nitrogens with zero attached hydrogens (tertiary/aromatic N) is 2. The summed E-state index contributed by atoms with van der Waals surface area (Å²) >= 11 is 0. The molecule has 14 nitrogen and oxygen atoms in total. The second kappa shape index (κ2) is 16.6. The molecule has 0 bridgehead atoms. The highest BCUT2D eigenvalue weighted by Crippen LogP contribution is 2.17. The van der Waals surface area contributed by atoms with Crippen molar-refractivity contribution < 1.29 is 29.0 Å². The average Bonchev–Trinajstić information content (AvgIpc) is 3.05. The SMILES string of the molecule is CCCNC(=O)/C(=C\c1cccc([N+](=O)[O-])c1)NC(=O)c1ccc(C(=O)N/C(=C/c2cccc([N+](=O)[O-])c2)C(=O)NCCC)cc1. The number of amides is 4. The largest absolute Gasteiger partial charge is 0.351 e. The highest BCUT2D eigenvalue weighted by Gasteiger charge is 2.18. The van der Waals surface area contributed by atoms with Crippen LogP contribution in [0.2, 0.25) is 0 Å². The van der Waals surface area contributed by atoms with Gasteiger partial charge in [-0.3, -0.25) is 39.4 Å². The van der Waals surface area contributed by atoms with Crippen LogP contribution in [0.3, 0.4) is 0 Å². The molecule has 0 fully saturated rings. The van der Waals surface area contributed by atoms with Crippen LogP contribution in [-0.4, -0.2) is 46.6 Å². The molecule has 0 radical (unpaired) electrons. The van der Waals surface area contributed by atoms with Crippen molar-refractivity contribution in [3.05, 3.63) is 127 Å². The summed E-state index contributed by atoms with van der Waals surface area (Å²) in [5.74, 6) is -2.55. The fraction of sp³-hybridized carbons (Fsp3) is 0.188. The van der Waals surface area contributed by atoms with Gasteiger partial charge in [-0.05, 0) is 60.4 Å². The number of benzene rings is 3. The minimum absolute atomic E-state index is 0.0952. The van der Waals surface area contributed by atoms with Gasteiger partial charge in [0.05, 0.1) is 9.85 Å². The Morgan fingerprint density at radius 2 is 1.00 bits per heavy atom. The van der Waals surface area contributed by atoms with Crippen molar-refractivity contribution >= 4 is 47.2 Å². The van der Waals surface area contributed by atoms with E-state index in [-0.39, 0.29) is 33.9 Å². The molecule has 4 N–H and O–H groups in total. The van der Waals surface area contributed by atoms with Gasteiger partial charge < -0.3 is 21.3 Å². The molecule has 3 aromatic carbocycles. The molecule has 0 saturated carbocycles. The first-order chi connectivity index (χ1) is 22.0. The number of hydrogen-bond acceptors (Lipinski definition) is 8. The van der Waals surface area contributed by atoms with Crippen LogP contribution in [0, 0.1) is 20.2 Å². The molecule has 0 aliphatic rings. The van der Waals surface area contributed by atoms with Gasteiger partial charge in [-0.2, -0.15) is 0 Å². The number of rotatable bonds is 14. The Kier molecular flexibility index (Phi) is 12.4. The summed E-state index contributed by atoms with van der Waals surface area (Å²) in [7, 11) is 0. The lowest BCUT2D eigenvalue weighted by atomic mass is 10.1. The second-order valence-electron chi connectivity index (χ2n) is 9.82. The zero-order chi connectivity index (χ0) is 33.6. The molecule has 0 aromatic heterocycles. The van der Waals surface area contributed by atoms with Crippen LogP contribution in [0.25, 0.3) is 12.2 Å². The minimum Gasteiger partial charge on any atom is -0.351 e. The molecule has 3 rings (SSSR count). The van der Waals surface area contributed by atoms with Gasteiger partial charge in [0.1, 0.15) is 11.4 Å². The Morgan fingerprint density at radius 3 is 1.33 bits per heavy atom. The molecule has 0 heterocycles. The van der Waals surface area contributed by atoms with E-state index in [2.05, 4.69) is 21.3 Å². The van der Waals surface area contributed by atoms with Gasteiger partial charge >= 0.3 is 0 Å². The molecule has 0 aliphatic carbocycles. The maximum Gasteiger partial charge on any atom is 0.270 e. The van der Waals surface area contributed by atoms with E-state index in [1.807, 2.05) is 13.8 Å². The summed E-state index contributed by atoms with van der Waals surface area (Å²) in [5.41, 5.74) is 0.168. The van der Waals surface area contributed by atoms with Crippen molar-refractivity contribution in [2.24, 2.45) is 0 Å². The van der Waals surface area contributed by atoms with E-state index in [0.717, 1.165) is 0 Å². The quantitative estimate of drug-likeness (QED) is 0.116. The van der Waals surface area contributed by atoms with Crippen LogP contribution in [0.1, 0.15) is 58.5 Å². The average molecular weight is 629 g/mol. The Bertz CT molecular complexity index is 1570. The number of hydrogen-bond donors (Lipinski definition) is 4. The van der Waals surface area contributed by atoms with Crippen molar-refractivity contribution in [3.8, 4) is 0 Å². The third-order valence-corrected chi connectivity index (χ3v) is 6.25. The molecular weight excluding hydrogens is 596 g/mol. The summed E-state index contributed by atoms with van der Waals surface area (Å²) in [4.78, 5) is 72.9. The van der Waals surface area contributed by atoms with Crippen LogP contribution in [0.5, 0.6) is 0 Å². The molecule has 0 atom stereocenters. The number of non-ortho nitro benzene ring substituents is 2. The highest BCUT2D eigenvalue weighted by molar-refractivity contribution is 6.07. The smallest absolute Gasteiger partial charge is 0.270 e. The lowest BCUT2D eigenvalue weighted by molar-refractivity contribution is -0.385. The molecular formula is C32H32N6O8. The van der Waals surface area contributed by atoms with Crippen molar-refractivity contribution in [2.75, 3.05) is 13.1 Å². The van der Waals surface area contributed by atoms with E-state index in [9.17, 15) is 39.4 Å². The summed E-state index contributed by atoms with van der Waals surface area (Å²) in [6.07, 6.45) is 3.90. The maximum atomic E-state index is 13.1. The van der Waals surface area contributed by atoms with Gasteiger partial charge in [-0.1, -0.05) is 38.1 Å². The molecule has 4 amide bonds. The predicted octanol–water partition coefficient (Wildman–Crippen LogP) is 4.10. The lowest BCUT2D eigenvalue weighted by Gasteiger charge is -2.12. The van der Waals surface area contributed by atoms with Crippen LogP contribution < -0.4 is 21.3 Å². The van der Waals surface area contributed by atoms with Crippen LogP contribution >= 0.6 is 0 Å². The van der Waals surface area contributed by atoms with E-state index >= 15 is 0 Å². The van der Waals surface area contributed by atoms with Gasteiger partial charge in [0.15, 0.2) is 0 Å². The summed E-state index contributed by atoms with van der Waals surface area (Å²) in [5, 5.41) is 32.7. The zero-order valence-electron chi connectivity index (χ0n) is 25.1. The topological polar surface area (TPSA) is 203 Å². The standard InChI is InChI=1S/C32H32N6O8/c1-3-15-33-31(41)27(19-21-7-5-9-25(17-21)37(43)44)35-29(39)23-11-13-24(14-12-23)30(40)36-28(32(42)34-16-4-2)20-22-8-6-10-26(18-22)38(45)46/h5-14,17-20H,3-4,15-16H2,1-2H3,(H,33,41)(H,34,42)(H,35,39)(H,36,40)/b27-19+,28-20+. The van der Waals surface area contributed by atoms with E-state index in [4.69, 9.17) is 0 Å². The molecule has 238 valence electrons. The first-order valence-electron chi connectivity index (χ1n) is 14.2. The third kappa shape index (κ3) is 9.94. The molecule has 14 heteroatoms. The molecule has 0 unspecified atom stereocenters. The Balaban J connectivity index is 1.82. The zero-order valence-corrected chi connectivity index (χ0v) is 25.1. The van der Waals surface area contributed by atoms with Gasteiger partial charge in [-0.25, -0.2) is 0 Å². The first-order valence-corrected chi connectivity index (χ1v) is 14.2. The van der Waals surface area contributed by atoms with E-state index in [1.165, 1.54) is 72.8 Å². The van der Waals surface area contributed by atoms with E-state index in [1.54, 1.807) is 12.1 Å². The van der Waals surface area contributed by atoms with Crippen molar-refractivity contribution in [2.45, 2.75) is 26.7 Å². The van der Waals surface area contributed by atoms with Crippen molar-refractivity contribution in [3.63, 3.8) is 0 Å². The summed E-state index contributed by atoms with van der Waals surface area (Å²) in [6.45, 7) is 4.37. The fourth-order valence-electron chi connectivity index (χ4n) is 3.94. The van der Waals surface area contributed by atoms with Crippen molar-refractivity contribution in [1.29, 1.82) is 0 Å². The van der Waals surface area contributed by atoms with Crippen LogP contribution in [0.4, 0.5) is 11.4 Å². The monoisotopic (exact) mass is 628 g/mol. The van der Waals surface area contributed by atoms with E-state index in [0.29, 0.717) is 37.1 Å². The van der Waals surface area contributed by atoms with Gasteiger partial charge in [-0.15, -0.1) is 0 Å². The normalized spacial score (nSPS) is 11.3. The Morgan fingerprint density at radius 1 is 0.630 bits per heavy atom. The van der Waals surface area contributed by atoms with Gasteiger partial charge in [0.25, 0.3) is 35.0 Å². The number of nitro benzene ring substituents is 2. The number of carbonyl (C=O) groups excluding carboxylic acids is 4. The fourth-order valence-corrected chi connectivity index (χ4v) is 3.94. The molecule has 0 saturated heterocycles. The highest BCUT2D eigenvalue weighted by atomic mass is 16.6. The number of nitrogens with one attached hydrogen (secondary N) is 4. The Hall–Kier alpha value is -6.18. The van der Waals surface area contributed by atoms with Gasteiger partial charge in [0, 0.05) is 48.5 Å². The molecule has 0 spiro atoms. The maximum absolute atomic E-state index is 13.1. The number of carbonyl (C=O) groups is 4. The van der Waals surface area contributed by atoms with E-state index < -0.39 is 33.5 Å². The molecule has 46 heavy (non-hydrogen) atoms. The first kappa shape index (κ1) is 34.3. The van der Waals surface area contributed by atoms with Gasteiger partial charge in [0.2, 0.25) is 0 Å².